The third-order valence-electron chi connectivity index (χ3n) is 2.39. The number of rotatable bonds is 4. The quantitative estimate of drug-likeness (QED) is 0.898. The largest absolute Gasteiger partial charge is 0.396 e. The summed E-state index contributed by atoms with van der Waals surface area (Å²) >= 11 is 1.65. The molecule has 2 heterocycles. The van der Waals surface area contributed by atoms with E-state index in [0.29, 0.717) is 13.0 Å². The molecule has 2 aromatic rings. The summed E-state index contributed by atoms with van der Waals surface area (Å²) in [5, 5.41) is 13.1. The zero-order valence-electron chi connectivity index (χ0n) is 9.59. The van der Waals surface area contributed by atoms with Gasteiger partial charge in [-0.15, -0.1) is 11.3 Å². The third kappa shape index (κ3) is 2.81. The van der Waals surface area contributed by atoms with Crippen LogP contribution in [0.5, 0.6) is 0 Å². The van der Waals surface area contributed by atoms with Gasteiger partial charge in [-0.2, -0.15) is 5.10 Å². The Kier molecular flexibility index (Phi) is 3.71. The standard InChI is InChI=1S/C12H14N2O2S/c1-9-3-5-11(17-9)10-4-6-12(16)14(13-10)7-2-8-15/h3-6,15H,2,7-8H2,1H3. The second-order valence-electron chi connectivity index (χ2n) is 3.77. The van der Waals surface area contributed by atoms with E-state index < -0.39 is 0 Å². The van der Waals surface area contributed by atoms with Crippen LogP contribution in [0.2, 0.25) is 0 Å². The minimum Gasteiger partial charge on any atom is -0.396 e. The molecule has 2 aromatic heterocycles. The Hall–Kier alpha value is -1.46. The Bertz CT molecular complexity index is 560. The summed E-state index contributed by atoms with van der Waals surface area (Å²) in [5.74, 6) is 0. The molecule has 0 saturated carbocycles. The molecule has 0 aliphatic rings. The van der Waals surface area contributed by atoms with E-state index in [1.54, 1.807) is 17.4 Å². The van der Waals surface area contributed by atoms with Crippen molar-refractivity contribution in [2.45, 2.75) is 19.9 Å². The van der Waals surface area contributed by atoms with Gasteiger partial charge in [0.05, 0.1) is 4.88 Å². The van der Waals surface area contributed by atoms with Crippen molar-refractivity contribution in [3.8, 4) is 10.6 Å². The zero-order chi connectivity index (χ0) is 12.3. The zero-order valence-corrected chi connectivity index (χ0v) is 10.4. The van der Waals surface area contributed by atoms with Crippen molar-refractivity contribution in [1.82, 2.24) is 9.78 Å². The summed E-state index contributed by atoms with van der Waals surface area (Å²) in [5.41, 5.74) is 0.677. The Morgan fingerprint density at radius 1 is 1.35 bits per heavy atom. The normalized spacial score (nSPS) is 10.7. The SMILES string of the molecule is Cc1ccc(-c2ccc(=O)n(CCCO)n2)s1. The van der Waals surface area contributed by atoms with Crippen LogP contribution >= 0.6 is 11.3 Å². The highest BCUT2D eigenvalue weighted by atomic mass is 32.1. The summed E-state index contributed by atoms with van der Waals surface area (Å²) in [6.45, 7) is 2.56. The van der Waals surface area contributed by atoms with E-state index in [9.17, 15) is 4.79 Å². The van der Waals surface area contributed by atoms with Crippen molar-refractivity contribution in [1.29, 1.82) is 0 Å². The van der Waals surface area contributed by atoms with Gasteiger partial charge in [-0.25, -0.2) is 4.68 Å². The van der Waals surface area contributed by atoms with Crippen LogP contribution in [0.25, 0.3) is 10.6 Å². The van der Waals surface area contributed by atoms with Gasteiger partial charge in [0.25, 0.3) is 5.56 Å². The first-order valence-electron chi connectivity index (χ1n) is 5.46. The first kappa shape index (κ1) is 12.0. The van der Waals surface area contributed by atoms with E-state index in [-0.39, 0.29) is 12.2 Å². The molecule has 0 spiro atoms. The number of hydrogen-bond donors (Lipinski definition) is 1. The predicted octanol–water partition coefficient (Wildman–Crippen LogP) is 1.66. The van der Waals surface area contributed by atoms with E-state index >= 15 is 0 Å². The molecular weight excluding hydrogens is 236 g/mol. The molecule has 2 rings (SSSR count). The van der Waals surface area contributed by atoms with E-state index in [1.165, 1.54) is 15.6 Å². The van der Waals surface area contributed by atoms with E-state index in [4.69, 9.17) is 5.11 Å². The van der Waals surface area contributed by atoms with Gasteiger partial charge in [0.1, 0.15) is 5.69 Å². The highest BCUT2D eigenvalue weighted by Crippen LogP contribution is 2.24. The average Bonchev–Trinajstić information content (AvgIpc) is 2.75. The van der Waals surface area contributed by atoms with E-state index in [0.717, 1.165) is 10.6 Å². The molecule has 0 atom stereocenters. The molecule has 0 aliphatic heterocycles. The molecule has 4 nitrogen and oxygen atoms in total. The lowest BCUT2D eigenvalue weighted by atomic mass is 10.3. The van der Waals surface area contributed by atoms with Crippen LogP contribution in [0.3, 0.4) is 0 Å². The van der Waals surface area contributed by atoms with Crippen LogP contribution in [0.15, 0.2) is 29.1 Å². The first-order chi connectivity index (χ1) is 8.20. The molecule has 1 N–H and O–H groups in total. The van der Waals surface area contributed by atoms with Crippen molar-refractivity contribution >= 4 is 11.3 Å². The Balaban J connectivity index is 2.33. The number of aromatic nitrogens is 2. The number of nitrogens with zero attached hydrogens (tertiary/aromatic N) is 2. The minimum atomic E-state index is -0.129. The Labute approximate surface area is 103 Å². The summed E-state index contributed by atoms with van der Waals surface area (Å²) < 4.78 is 1.40. The maximum Gasteiger partial charge on any atom is 0.266 e. The van der Waals surface area contributed by atoms with Gasteiger partial charge in [0.15, 0.2) is 0 Å². The lowest BCUT2D eigenvalue weighted by Gasteiger charge is -2.04. The van der Waals surface area contributed by atoms with Crippen LogP contribution in [0, 0.1) is 6.92 Å². The van der Waals surface area contributed by atoms with Crippen LogP contribution < -0.4 is 5.56 Å². The van der Waals surface area contributed by atoms with Crippen molar-refractivity contribution in [2.24, 2.45) is 0 Å². The van der Waals surface area contributed by atoms with E-state index in [1.807, 2.05) is 19.1 Å². The first-order valence-corrected chi connectivity index (χ1v) is 6.28. The topological polar surface area (TPSA) is 55.1 Å². The van der Waals surface area contributed by atoms with Crippen molar-refractivity contribution in [3.63, 3.8) is 0 Å². The number of aliphatic hydroxyl groups excluding tert-OH is 1. The van der Waals surface area contributed by atoms with Crippen molar-refractivity contribution < 1.29 is 5.11 Å². The highest BCUT2D eigenvalue weighted by Gasteiger charge is 2.05. The van der Waals surface area contributed by atoms with Crippen LogP contribution in [0.1, 0.15) is 11.3 Å². The molecular formula is C12H14N2O2S. The molecule has 0 fully saturated rings. The van der Waals surface area contributed by atoms with Crippen LogP contribution in [0.4, 0.5) is 0 Å². The summed E-state index contributed by atoms with van der Waals surface area (Å²) in [6.07, 6.45) is 0.541. The molecule has 0 aliphatic carbocycles. The molecule has 0 radical (unpaired) electrons. The average molecular weight is 250 g/mol. The van der Waals surface area contributed by atoms with Crippen molar-refractivity contribution in [3.05, 3.63) is 39.5 Å². The molecule has 0 bridgehead atoms. The summed E-state index contributed by atoms with van der Waals surface area (Å²) in [4.78, 5) is 13.8. The molecule has 0 amide bonds. The second-order valence-corrected chi connectivity index (χ2v) is 5.06. The summed E-state index contributed by atoms with van der Waals surface area (Å²) in [6, 6.07) is 7.30. The van der Waals surface area contributed by atoms with Gasteiger partial charge in [-0.1, -0.05) is 0 Å². The lowest BCUT2D eigenvalue weighted by Crippen LogP contribution is -2.22. The highest BCUT2D eigenvalue weighted by molar-refractivity contribution is 7.15. The molecule has 5 heteroatoms. The fourth-order valence-electron chi connectivity index (χ4n) is 1.53. The fraction of sp³-hybridized carbons (Fsp3) is 0.333. The van der Waals surface area contributed by atoms with Gasteiger partial charge in [0.2, 0.25) is 0 Å². The number of aryl methyl sites for hydroxylation is 2. The monoisotopic (exact) mass is 250 g/mol. The molecule has 0 aromatic carbocycles. The predicted molar refractivity (Wildman–Crippen MR) is 68.2 cm³/mol. The smallest absolute Gasteiger partial charge is 0.266 e. The van der Waals surface area contributed by atoms with Gasteiger partial charge < -0.3 is 5.11 Å². The molecule has 90 valence electrons. The molecule has 0 saturated heterocycles. The number of thiophene rings is 1. The Morgan fingerprint density at radius 3 is 2.82 bits per heavy atom. The maximum absolute atomic E-state index is 11.5. The van der Waals surface area contributed by atoms with Crippen LogP contribution in [-0.2, 0) is 6.54 Å². The minimum absolute atomic E-state index is 0.0659. The maximum atomic E-state index is 11.5. The van der Waals surface area contributed by atoms with Crippen LogP contribution in [-0.4, -0.2) is 21.5 Å². The molecule has 0 unspecified atom stereocenters. The van der Waals surface area contributed by atoms with Gasteiger partial charge in [-0.05, 0) is 31.5 Å². The number of hydrogen-bond acceptors (Lipinski definition) is 4. The van der Waals surface area contributed by atoms with E-state index in [2.05, 4.69) is 5.10 Å². The Morgan fingerprint density at radius 2 is 2.18 bits per heavy atom. The second kappa shape index (κ2) is 5.25. The van der Waals surface area contributed by atoms with Crippen molar-refractivity contribution in [2.75, 3.05) is 6.61 Å². The fourth-order valence-corrected chi connectivity index (χ4v) is 2.37. The van der Waals surface area contributed by atoms with Gasteiger partial charge in [-0.3, -0.25) is 4.79 Å². The van der Waals surface area contributed by atoms with Gasteiger partial charge >= 0.3 is 0 Å². The number of aliphatic hydroxyl groups is 1. The third-order valence-corrected chi connectivity index (χ3v) is 3.41. The summed E-state index contributed by atoms with van der Waals surface area (Å²) in [7, 11) is 0. The molecule has 17 heavy (non-hydrogen) atoms. The lowest BCUT2D eigenvalue weighted by molar-refractivity contribution is 0.275. The van der Waals surface area contributed by atoms with Gasteiger partial charge in [0, 0.05) is 24.1 Å².